The first-order valence-electron chi connectivity index (χ1n) is 9.55. The van der Waals surface area contributed by atoms with Gasteiger partial charge < -0.3 is 20.3 Å². The molecule has 2 rings (SSSR count). The summed E-state index contributed by atoms with van der Waals surface area (Å²) in [6.45, 7) is 7.60. The Kier molecular flexibility index (Phi) is 12.5. The molecule has 1 heterocycles. The predicted octanol–water partition coefficient (Wildman–Crippen LogP) is 2.80. The first kappa shape index (κ1) is 23.3. The molecule has 148 valence electrons. The van der Waals surface area contributed by atoms with Gasteiger partial charge in [0.2, 0.25) is 0 Å². The molecule has 0 spiro atoms. The molecular weight excluding hydrogens is 447 g/mol. The van der Waals surface area contributed by atoms with Gasteiger partial charge in [-0.05, 0) is 56.9 Å². The largest absolute Gasteiger partial charge is 0.383 e. The monoisotopic (exact) mass is 484 g/mol. The molecule has 2 fully saturated rings. The van der Waals surface area contributed by atoms with E-state index >= 15 is 0 Å². The Balaban J connectivity index is 0.00000312. The van der Waals surface area contributed by atoms with Crippen molar-refractivity contribution in [1.82, 2.24) is 15.5 Å². The van der Waals surface area contributed by atoms with Crippen molar-refractivity contribution in [3.05, 3.63) is 0 Å². The van der Waals surface area contributed by atoms with Crippen molar-refractivity contribution in [1.29, 1.82) is 0 Å². The molecule has 2 atom stereocenters. The molecule has 0 aromatic rings. The van der Waals surface area contributed by atoms with Crippen molar-refractivity contribution in [2.45, 2.75) is 50.3 Å². The van der Waals surface area contributed by atoms with Gasteiger partial charge >= 0.3 is 0 Å². The highest BCUT2D eigenvalue weighted by Crippen LogP contribution is 2.29. The van der Waals surface area contributed by atoms with Gasteiger partial charge in [-0.1, -0.05) is 6.92 Å². The van der Waals surface area contributed by atoms with Crippen LogP contribution in [0.2, 0.25) is 0 Å². The molecular formula is C18H37IN4OS. The van der Waals surface area contributed by atoms with E-state index in [-0.39, 0.29) is 24.0 Å². The average molecular weight is 484 g/mol. The minimum Gasteiger partial charge on any atom is -0.383 e. The van der Waals surface area contributed by atoms with Crippen LogP contribution in [0.4, 0.5) is 0 Å². The fourth-order valence-corrected chi connectivity index (χ4v) is 4.86. The minimum atomic E-state index is 0. The van der Waals surface area contributed by atoms with Gasteiger partial charge in [-0.15, -0.1) is 24.0 Å². The number of ether oxygens (including phenoxy) is 1. The number of hydrogen-bond donors (Lipinski definition) is 2. The molecule has 1 saturated carbocycles. The summed E-state index contributed by atoms with van der Waals surface area (Å²) in [7, 11) is 3.67. The van der Waals surface area contributed by atoms with E-state index in [9.17, 15) is 0 Å². The number of guanidine groups is 1. The summed E-state index contributed by atoms with van der Waals surface area (Å²) in [5, 5.41) is 8.02. The van der Waals surface area contributed by atoms with Crippen LogP contribution in [-0.2, 0) is 4.74 Å². The Morgan fingerprint density at radius 1 is 1.24 bits per heavy atom. The molecule has 25 heavy (non-hydrogen) atoms. The van der Waals surface area contributed by atoms with Crippen LogP contribution in [-0.4, -0.2) is 74.8 Å². The third-order valence-electron chi connectivity index (χ3n) is 5.23. The molecule has 1 aliphatic carbocycles. The molecule has 0 aromatic carbocycles. The number of nitrogens with zero attached hydrogens (tertiary/aromatic N) is 2. The van der Waals surface area contributed by atoms with Crippen molar-refractivity contribution in [2.75, 3.05) is 52.7 Å². The van der Waals surface area contributed by atoms with E-state index in [1.54, 1.807) is 7.11 Å². The van der Waals surface area contributed by atoms with Crippen LogP contribution < -0.4 is 10.6 Å². The van der Waals surface area contributed by atoms with Crippen molar-refractivity contribution in [2.24, 2.45) is 10.9 Å². The molecule has 1 saturated heterocycles. The van der Waals surface area contributed by atoms with Crippen molar-refractivity contribution in [3.63, 3.8) is 0 Å². The van der Waals surface area contributed by atoms with E-state index in [1.807, 2.05) is 7.05 Å². The van der Waals surface area contributed by atoms with Gasteiger partial charge in [0.25, 0.3) is 0 Å². The summed E-state index contributed by atoms with van der Waals surface area (Å²) in [4.78, 5) is 6.93. The number of piperidine rings is 1. The number of aliphatic imine (C=N–C) groups is 1. The van der Waals surface area contributed by atoms with Gasteiger partial charge in [-0.25, -0.2) is 0 Å². The Morgan fingerprint density at radius 3 is 2.64 bits per heavy atom. The lowest BCUT2D eigenvalue weighted by atomic mass is 9.97. The van der Waals surface area contributed by atoms with E-state index in [4.69, 9.17) is 4.74 Å². The van der Waals surface area contributed by atoms with Crippen molar-refractivity contribution >= 4 is 41.7 Å². The topological polar surface area (TPSA) is 48.9 Å². The fourth-order valence-electron chi connectivity index (χ4n) is 3.72. The molecule has 2 aliphatic rings. The van der Waals surface area contributed by atoms with E-state index in [1.165, 1.54) is 50.9 Å². The van der Waals surface area contributed by atoms with Crippen LogP contribution in [0.25, 0.3) is 0 Å². The number of thioether (sulfide) groups is 1. The number of halogens is 1. The molecule has 2 unspecified atom stereocenters. The van der Waals surface area contributed by atoms with E-state index < -0.39 is 0 Å². The van der Waals surface area contributed by atoms with Crippen LogP contribution >= 0.6 is 35.7 Å². The number of nitrogens with one attached hydrogen (secondary N) is 2. The second-order valence-corrected chi connectivity index (χ2v) is 8.54. The first-order valence-corrected chi connectivity index (χ1v) is 10.6. The molecule has 0 amide bonds. The van der Waals surface area contributed by atoms with Crippen LogP contribution in [0, 0.1) is 5.92 Å². The Labute approximate surface area is 175 Å². The zero-order valence-corrected chi connectivity index (χ0v) is 19.3. The lowest BCUT2D eigenvalue weighted by Gasteiger charge is -2.32. The normalized spacial score (nSPS) is 25.6. The molecule has 0 aromatic heterocycles. The summed E-state index contributed by atoms with van der Waals surface area (Å²) in [5.74, 6) is 2.98. The number of likely N-dealkylation sites (tertiary alicyclic amines) is 1. The van der Waals surface area contributed by atoms with Gasteiger partial charge in [-0.3, -0.25) is 4.99 Å². The maximum absolute atomic E-state index is 5.17. The van der Waals surface area contributed by atoms with Gasteiger partial charge in [-0.2, -0.15) is 11.8 Å². The lowest BCUT2D eigenvalue weighted by molar-refractivity contribution is 0.121. The average Bonchev–Trinajstić information content (AvgIpc) is 3.05. The molecule has 0 radical (unpaired) electrons. The zero-order valence-electron chi connectivity index (χ0n) is 16.1. The van der Waals surface area contributed by atoms with Crippen LogP contribution in [0.15, 0.2) is 4.99 Å². The lowest BCUT2D eigenvalue weighted by Crippen LogP contribution is -2.46. The highest BCUT2D eigenvalue weighted by molar-refractivity contribution is 14.0. The van der Waals surface area contributed by atoms with Crippen molar-refractivity contribution < 1.29 is 4.74 Å². The van der Waals surface area contributed by atoms with Gasteiger partial charge in [0.15, 0.2) is 5.96 Å². The molecule has 1 aliphatic heterocycles. The molecule has 5 nitrogen and oxygen atoms in total. The number of rotatable bonds is 8. The smallest absolute Gasteiger partial charge is 0.191 e. The van der Waals surface area contributed by atoms with E-state index in [2.05, 4.69) is 39.2 Å². The van der Waals surface area contributed by atoms with Gasteiger partial charge in [0.05, 0.1) is 6.61 Å². The Bertz CT molecular complexity index is 378. The molecule has 7 heteroatoms. The predicted molar refractivity (Wildman–Crippen MR) is 121 cm³/mol. The second-order valence-electron chi connectivity index (χ2n) is 6.96. The maximum Gasteiger partial charge on any atom is 0.191 e. The van der Waals surface area contributed by atoms with Gasteiger partial charge in [0, 0.05) is 38.5 Å². The SMILES string of the molecule is CCSC1CCC(NC(=NC)NCC2CCN(CCOC)CC2)C1.I. The number of hydrogen-bond acceptors (Lipinski definition) is 4. The number of methoxy groups -OCH3 is 1. The minimum absolute atomic E-state index is 0. The Morgan fingerprint density at radius 2 is 2.00 bits per heavy atom. The highest BCUT2D eigenvalue weighted by atomic mass is 127. The highest BCUT2D eigenvalue weighted by Gasteiger charge is 2.25. The fraction of sp³-hybridized carbons (Fsp3) is 0.944. The van der Waals surface area contributed by atoms with E-state index in [0.29, 0.717) is 6.04 Å². The Hall–Kier alpha value is 0.270. The van der Waals surface area contributed by atoms with Crippen LogP contribution in [0.1, 0.15) is 39.0 Å². The van der Waals surface area contributed by atoms with Gasteiger partial charge in [0.1, 0.15) is 0 Å². The van der Waals surface area contributed by atoms with Crippen LogP contribution in [0.3, 0.4) is 0 Å². The summed E-state index contributed by atoms with van der Waals surface area (Å²) < 4.78 is 5.17. The first-order chi connectivity index (χ1) is 11.7. The zero-order chi connectivity index (χ0) is 17.2. The maximum atomic E-state index is 5.17. The third kappa shape index (κ3) is 8.67. The van der Waals surface area contributed by atoms with Crippen molar-refractivity contribution in [3.8, 4) is 0 Å². The summed E-state index contributed by atoms with van der Waals surface area (Å²) in [6, 6.07) is 0.594. The van der Waals surface area contributed by atoms with Crippen LogP contribution in [0.5, 0.6) is 0 Å². The quantitative estimate of drug-likeness (QED) is 0.315. The third-order valence-corrected chi connectivity index (χ3v) is 6.46. The molecule has 2 N–H and O–H groups in total. The second kappa shape index (κ2) is 13.4. The summed E-state index contributed by atoms with van der Waals surface area (Å²) in [6.07, 6.45) is 6.43. The molecule has 0 bridgehead atoms. The summed E-state index contributed by atoms with van der Waals surface area (Å²) in [5.41, 5.74) is 0. The summed E-state index contributed by atoms with van der Waals surface area (Å²) >= 11 is 2.11. The standard InChI is InChI=1S/C18H36N4OS.HI/c1-4-24-17-6-5-16(13-17)21-18(19-2)20-14-15-7-9-22(10-8-15)11-12-23-3;/h15-17H,4-14H2,1-3H3,(H2,19,20,21);1H. The van der Waals surface area contributed by atoms with E-state index in [0.717, 1.165) is 36.8 Å².